The molecular formula is C21H27F2N3O3. The minimum Gasteiger partial charge on any atom is -0.486 e. The molecule has 1 amide bonds. The zero-order valence-electron chi connectivity index (χ0n) is 17.0. The highest BCUT2D eigenvalue weighted by atomic mass is 19.3. The molecule has 1 aromatic carbocycles. The van der Waals surface area contributed by atoms with Crippen LogP contribution in [0.15, 0.2) is 23.3 Å². The highest BCUT2D eigenvalue weighted by Gasteiger charge is 2.33. The van der Waals surface area contributed by atoms with Crippen LogP contribution in [0.1, 0.15) is 44.2 Å². The van der Waals surface area contributed by atoms with Crippen LogP contribution in [0.3, 0.4) is 0 Å². The summed E-state index contributed by atoms with van der Waals surface area (Å²) in [6.45, 7) is 1.95. The van der Waals surface area contributed by atoms with Gasteiger partial charge in [0.1, 0.15) is 5.75 Å². The van der Waals surface area contributed by atoms with Crippen molar-refractivity contribution in [1.29, 1.82) is 0 Å². The van der Waals surface area contributed by atoms with E-state index in [2.05, 4.69) is 4.99 Å². The van der Waals surface area contributed by atoms with Gasteiger partial charge in [-0.2, -0.15) is 0 Å². The second-order valence-corrected chi connectivity index (χ2v) is 7.66. The lowest BCUT2D eigenvalue weighted by atomic mass is 9.92. The molecule has 6 nitrogen and oxygen atoms in total. The first-order valence-electron chi connectivity index (χ1n) is 9.74. The number of allylic oxidation sites excluding steroid dienone is 1. The second kappa shape index (κ2) is 8.39. The highest BCUT2D eigenvalue weighted by Crippen LogP contribution is 2.42. The molecule has 1 fully saturated rings. The van der Waals surface area contributed by atoms with Crippen LogP contribution in [0.25, 0.3) is 5.57 Å². The van der Waals surface area contributed by atoms with Gasteiger partial charge in [0.2, 0.25) is 0 Å². The largest absolute Gasteiger partial charge is 0.486 e. The van der Waals surface area contributed by atoms with E-state index in [-0.39, 0.29) is 6.04 Å². The Bertz CT molecular complexity index is 829. The number of rotatable bonds is 6. The zero-order chi connectivity index (χ0) is 21.2. The van der Waals surface area contributed by atoms with Crippen LogP contribution >= 0.6 is 0 Å². The number of fused-ring (bicyclic) bond motifs is 1. The topological polar surface area (TPSA) is 77.2 Å². The van der Waals surface area contributed by atoms with Crippen molar-refractivity contribution in [1.82, 2.24) is 0 Å². The Morgan fingerprint density at radius 1 is 1.38 bits per heavy atom. The smallest absolute Gasteiger partial charge is 0.414 e. The molecule has 0 radical (unpaired) electrons. The fourth-order valence-electron chi connectivity index (χ4n) is 3.38. The van der Waals surface area contributed by atoms with E-state index in [1.807, 2.05) is 6.92 Å². The van der Waals surface area contributed by atoms with E-state index in [4.69, 9.17) is 15.2 Å². The van der Waals surface area contributed by atoms with Crippen LogP contribution in [0, 0.1) is 0 Å². The zero-order valence-corrected chi connectivity index (χ0v) is 17.0. The number of halogens is 2. The quantitative estimate of drug-likeness (QED) is 0.719. The van der Waals surface area contributed by atoms with Gasteiger partial charge in [-0.3, -0.25) is 9.89 Å². The molecule has 8 heteroatoms. The summed E-state index contributed by atoms with van der Waals surface area (Å²) in [5.74, 6) is -2.69. The summed E-state index contributed by atoms with van der Waals surface area (Å²) in [5.41, 5.74) is 8.28. The van der Waals surface area contributed by atoms with Crippen molar-refractivity contribution in [3.63, 3.8) is 0 Å². The minimum absolute atomic E-state index is 0.0813. The van der Waals surface area contributed by atoms with Crippen molar-refractivity contribution in [3.8, 4) is 5.75 Å². The molecule has 1 aliphatic carbocycles. The molecule has 3 rings (SSSR count). The first-order valence-corrected chi connectivity index (χ1v) is 9.74. The number of methoxy groups -OCH3 is 1. The minimum atomic E-state index is -3.00. The second-order valence-electron chi connectivity index (χ2n) is 7.66. The summed E-state index contributed by atoms with van der Waals surface area (Å²) in [7, 11) is 1.32. The van der Waals surface area contributed by atoms with Gasteiger partial charge in [0.15, 0.2) is 6.61 Å². The fraction of sp³-hybridized carbons (Fsp3) is 0.524. The van der Waals surface area contributed by atoms with Gasteiger partial charge in [-0.1, -0.05) is 0 Å². The van der Waals surface area contributed by atoms with Crippen molar-refractivity contribution in [2.24, 2.45) is 10.7 Å². The van der Waals surface area contributed by atoms with Crippen LogP contribution in [-0.2, 0) is 11.2 Å². The number of hydrogen-bond acceptors (Lipinski definition) is 5. The molecule has 29 heavy (non-hydrogen) atoms. The Hall–Kier alpha value is -2.64. The van der Waals surface area contributed by atoms with Gasteiger partial charge >= 0.3 is 6.09 Å². The molecule has 0 aromatic heterocycles. The maximum absolute atomic E-state index is 13.6. The normalized spacial score (nSPS) is 20.0. The molecule has 1 aliphatic heterocycles. The summed E-state index contributed by atoms with van der Waals surface area (Å²) in [6, 6.07) is 3.72. The average Bonchev–Trinajstić information content (AvgIpc) is 3.50. The van der Waals surface area contributed by atoms with Crippen LogP contribution < -0.4 is 15.4 Å². The molecule has 0 bridgehead atoms. The van der Waals surface area contributed by atoms with E-state index in [1.54, 1.807) is 18.3 Å². The molecule has 1 heterocycles. The van der Waals surface area contributed by atoms with Crippen LogP contribution in [-0.4, -0.2) is 44.0 Å². The van der Waals surface area contributed by atoms with Gasteiger partial charge in [-0.25, -0.2) is 13.6 Å². The first-order chi connectivity index (χ1) is 13.7. The van der Waals surface area contributed by atoms with Gasteiger partial charge in [0, 0.05) is 42.1 Å². The maximum Gasteiger partial charge on any atom is 0.414 e. The Labute approximate surface area is 169 Å². The van der Waals surface area contributed by atoms with Gasteiger partial charge in [0.05, 0.1) is 18.8 Å². The molecule has 158 valence electrons. The Morgan fingerprint density at radius 2 is 2.10 bits per heavy atom. The number of ether oxygens (including phenoxy) is 2. The number of amides is 1. The van der Waals surface area contributed by atoms with E-state index in [9.17, 15) is 13.6 Å². The van der Waals surface area contributed by atoms with E-state index in [0.29, 0.717) is 47.0 Å². The van der Waals surface area contributed by atoms with E-state index in [0.717, 1.165) is 19.8 Å². The number of carbonyl (C=O) groups excluding carboxylic acids is 1. The number of alkyl halides is 2. The van der Waals surface area contributed by atoms with Gasteiger partial charge in [-0.15, -0.1) is 0 Å². The number of nitrogens with two attached hydrogens (primary N) is 1. The fourth-order valence-corrected chi connectivity index (χ4v) is 3.38. The summed E-state index contributed by atoms with van der Waals surface area (Å²) < 4.78 is 37.7. The predicted molar refractivity (Wildman–Crippen MR) is 109 cm³/mol. The van der Waals surface area contributed by atoms with Crippen LogP contribution in [0.5, 0.6) is 5.75 Å². The first kappa shape index (κ1) is 21.1. The van der Waals surface area contributed by atoms with Gasteiger partial charge < -0.3 is 15.2 Å². The summed E-state index contributed by atoms with van der Waals surface area (Å²) >= 11 is 0. The van der Waals surface area contributed by atoms with Crippen molar-refractivity contribution in [2.45, 2.75) is 57.5 Å². The van der Waals surface area contributed by atoms with E-state index in [1.165, 1.54) is 18.2 Å². The number of aliphatic imine (C=N–C) groups is 1. The Kier molecular flexibility index (Phi) is 6.10. The molecule has 1 aromatic rings. The molecule has 1 saturated carbocycles. The molecule has 1 unspecified atom stereocenters. The lowest BCUT2D eigenvalue weighted by Crippen LogP contribution is -2.42. The third-order valence-corrected chi connectivity index (χ3v) is 5.05. The molecule has 0 spiro atoms. The van der Waals surface area contributed by atoms with Crippen molar-refractivity contribution in [2.75, 3.05) is 18.6 Å². The number of hydrogen-bond donors (Lipinski definition) is 1. The summed E-state index contributed by atoms with van der Waals surface area (Å²) in [6.07, 6.45) is 5.88. The van der Waals surface area contributed by atoms with E-state index < -0.39 is 18.6 Å². The van der Waals surface area contributed by atoms with Crippen molar-refractivity contribution >= 4 is 23.6 Å². The van der Waals surface area contributed by atoms with Crippen molar-refractivity contribution in [3.05, 3.63) is 29.5 Å². The van der Waals surface area contributed by atoms with Crippen molar-refractivity contribution < 1.29 is 23.0 Å². The molecule has 2 aliphatic rings. The van der Waals surface area contributed by atoms with Gasteiger partial charge in [-0.05, 0) is 44.7 Å². The Morgan fingerprint density at radius 3 is 2.69 bits per heavy atom. The monoisotopic (exact) mass is 407 g/mol. The molecular weight excluding hydrogens is 380 g/mol. The number of carbonyl (C=O) groups is 1. The highest BCUT2D eigenvalue weighted by molar-refractivity contribution is 6.11. The summed E-state index contributed by atoms with van der Waals surface area (Å²) in [4.78, 5) is 18.3. The van der Waals surface area contributed by atoms with Crippen LogP contribution in [0.4, 0.5) is 19.3 Å². The number of nitrogens with zero attached hydrogens (tertiary/aromatic N) is 2. The van der Waals surface area contributed by atoms with Crippen LogP contribution in [0.2, 0.25) is 0 Å². The van der Waals surface area contributed by atoms with Gasteiger partial charge in [0.25, 0.3) is 5.92 Å². The molecule has 2 N–H and O–H groups in total. The maximum atomic E-state index is 13.6. The predicted octanol–water partition coefficient (Wildman–Crippen LogP) is 4.16. The number of benzene rings is 1. The summed E-state index contributed by atoms with van der Waals surface area (Å²) in [5, 5.41) is 0. The standard InChI is InChI=1S/C21H27F2N3O3/c1-13-4-7-17-18(26(13)20(27)28-3)9-8-16(19(17)29-12-21(2,22)23)14(10-24)11-25-15-5-6-15/h8-11,13,15H,4-7,12,24H2,1-3H3. The molecule has 1 atom stereocenters. The Balaban J connectivity index is 2.08. The molecule has 0 saturated heterocycles. The lowest BCUT2D eigenvalue weighted by Gasteiger charge is -2.35. The van der Waals surface area contributed by atoms with E-state index >= 15 is 0 Å². The third kappa shape index (κ3) is 4.86. The number of anilines is 1. The average molecular weight is 407 g/mol. The lowest BCUT2D eigenvalue weighted by molar-refractivity contribution is -0.0232. The third-order valence-electron chi connectivity index (χ3n) is 5.05. The SMILES string of the molecule is COC(=O)N1c2ccc(C(C=NC3CC3)=CN)c(OCC(C)(F)F)c2CCC1C.